The summed E-state index contributed by atoms with van der Waals surface area (Å²) in [6.45, 7) is 0. The van der Waals surface area contributed by atoms with Crippen molar-refractivity contribution in [1.29, 1.82) is 0 Å². The molecule has 1 aromatic heterocycles. The monoisotopic (exact) mass is 304 g/mol. The highest BCUT2D eigenvalue weighted by atomic mass is 19.4. The number of rotatable bonds is 2. The minimum atomic E-state index is -4.46. The van der Waals surface area contributed by atoms with Crippen LogP contribution in [0.1, 0.15) is 5.56 Å². The number of hydrogen-bond acceptors (Lipinski definition) is 3. The Bertz CT molecular complexity index is 831. The van der Waals surface area contributed by atoms with E-state index in [1.165, 1.54) is 13.2 Å². The van der Waals surface area contributed by atoms with Gasteiger partial charge in [0.15, 0.2) is 0 Å². The smallest absolute Gasteiger partial charge is 0.418 e. The van der Waals surface area contributed by atoms with Crippen LogP contribution >= 0.6 is 0 Å². The van der Waals surface area contributed by atoms with Crippen LogP contribution in [0.4, 0.5) is 13.2 Å². The van der Waals surface area contributed by atoms with Crippen LogP contribution in [0.25, 0.3) is 22.2 Å². The lowest BCUT2D eigenvalue weighted by molar-refractivity contribution is -0.136. The second-order valence-electron chi connectivity index (χ2n) is 4.65. The third kappa shape index (κ3) is 2.47. The number of nitrogens with zero attached hydrogens (tertiary/aromatic N) is 2. The lowest BCUT2D eigenvalue weighted by Crippen LogP contribution is -2.07. The molecule has 0 radical (unpaired) electrons. The molecule has 22 heavy (non-hydrogen) atoms. The number of hydrogen-bond donors (Lipinski definition) is 0. The first-order chi connectivity index (χ1) is 10.5. The first-order valence-electron chi connectivity index (χ1n) is 6.46. The molecule has 3 rings (SSSR count). The largest absolute Gasteiger partial charge is 0.497 e. The lowest BCUT2D eigenvalue weighted by atomic mass is 10.0. The predicted molar refractivity (Wildman–Crippen MR) is 76.5 cm³/mol. The van der Waals surface area contributed by atoms with E-state index in [1.54, 1.807) is 30.3 Å². The van der Waals surface area contributed by atoms with E-state index in [2.05, 4.69) is 9.97 Å². The van der Waals surface area contributed by atoms with Gasteiger partial charge in [0, 0.05) is 10.9 Å². The molecule has 0 aliphatic rings. The van der Waals surface area contributed by atoms with Gasteiger partial charge in [-0.1, -0.05) is 24.3 Å². The average molecular weight is 304 g/mol. The Balaban J connectivity index is 2.27. The zero-order valence-electron chi connectivity index (χ0n) is 11.6. The Morgan fingerprint density at radius 1 is 1.00 bits per heavy atom. The van der Waals surface area contributed by atoms with Crippen LogP contribution in [0.2, 0.25) is 0 Å². The molecule has 0 amide bonds. The first kappa shape index (κ1) is 14.3. The number of para-hydroxylation sites is 1. The van der Waals surface area contributed by atoms with Crippen molar-refractivity contribution in [3.05, 3.63) is 54.4 Å². The van der Waals surface area contributed by atoms with Crippen molar-refractivity contribution in [2.75, 3.05) is 7.11 Å². The average Bonchev–Trinajstić information content (AvgIpc) is 2.53. The summed E-state index contributed by atoms with van der Waals surface area (Å²) in [7, 11) is 1.53. The summed E-state index contributed by atoms with van der Waals surface area (Å²) in [6.07, 6.45) is -3.31. The van der Waals surface area contributed by atoms with E-state index in [-0.39, 0.29) is 5.52 Å². The number of fused-ring (bicyclic) bond motifs is 1. The van der Waals surface area contributed by atoms with Gasteiger partial charge in [-0.05, 0) is 18.2 Å². The predicted octanol–water partition coefficient (Wildman–Crippen LogP) is 4.32. The topological polar surface area (TPSA) is 35.0 Å². The number of alkyl halides is 3. The maximum atomic E-state index is 13.1. The fraction of sp³-hybridized carbons (Fsp3) is 0.125. The molecule has 0 N–H and O–H groups in total. The van der Waals surface area contributed by atoms with E-state index < -0.39 is 11.7 Å². The van der Waals surface area contributed by atoms with Crippen LogP contribution in [0.5, 0.6) is 5.75 Å². The maximum Gasteiger partial charge on any atom is 0.418 e. The van der Waals surface area contributed by atoms with Crippen LogP contribution in [-0.4, -0.2) is 17.1 Å². The van der Waals surface area contributed by atoms with Crippen LogP contribution in [-0.2, 0) is 6.18 Å². The zero-order valence-corrected chi connectivity index (χ0v) is 11.6. The van der Waals surface area contributed by atoms with Crippen LogP contribution in [0, 0.1) is 0 Å². The minimum absolute atomic E-state index is 0.109. The highest BCUT2D eigenvalue weighted by Gasteiger charge is 2.33. The molecule has 6 heteroatoms. The Hall–Kier alpha value is -2.63. The molecule has 0 aliphatic carbocycles. The van der Waals surface area contributed by atoms with E-state index in [9.17, 15) is 13.2 Å². The van der Waals surface area contributed by atoms with Crippen LogP contribution in [0.3, 0.4) is 0 Å². The van der Waals surface area contributed by atoms with Crippen molar-refractivity contribution in [2.24, 2.45) is 0 Å². The molecule has 2 aromatic carbocycles. The zero-order chi connectivity index (χ0) is 15.7. The third-order valence-electron chi connectivity index (χ3n) is 3.31. The summed E-state index contributed by atoms with van der Waals surface area (Å²) in [5.74, 6) is 0.608. The Kier molecular flexibility index (Phi) is 3.44. The molecular formula is C16H11F3N2O. The number of ether oxygens (including phenoxy) is 1. The van der Waals surface area contributed by atoms with Gasteiger partial charge in [0.05, 0.1) is 23.9 Å². The molecule has 1 heterocycles. The molecule has 3 aromatic rings. The van der Waals surface area contributed by atoms with Crippen molar-refractivity contribution in [2.45, 2.75) is 6.18 Å². The Morgan fingerprint density at radius 3 is 2.50 bits per heavy atom. The second-order valence-corrected chi connectivity index (χ2v) is 4.65. The summed E-state index contributed by atoms with van der Waals surface area (Å²) in [5.41, 5.74) is 0.237. The molecule has 0 fully saturated rings. The summed E-state index contributed by atoms with van der Waals surface area (Å²) in [5, 5.41) is 0.352. The Morgan fingerprint density at radius 2 is 1.77 bits per heavy atom. The molecule has 0 atom stereocenters. The van der Waals surface area contributed by atoms with Gasteiger partial charge >= 0.3 is 6.18 Å². The number of methoxy groups -OCH3 is 1. The Labute approximate surface area is 124 Å². The van der Waals surface area contributed by atoms with E-state index in [0.717, 1.165) is 12.4 Å². The van der Waals surface area contributed by atoms with Crippen molar-refractivity contribution in [3.8, 4) is 17.0 Å². The molecular weight excluding hydrogens is 293 g/mol. The summed E-state index contributed by atoms with van der Waals surface area (Å²) in [4.78, 5) is 7.96. The van der Waals surface area contributed by atoms with Crippen LogP contribution < -0.4 is 4.74 Å². The van der Waals surface area contributed by atoms with E-state index >= 15 is 0 Å². The van der Waals surface area contributed by atoms with Gasteiger partial charge < -0.3 is 4.74 Å². The molecule has 3 nitrogen and oxygen atoms in total. The summed E-state index contributed by atoms with van der Waals surface area (Å²) >= 11 is 0. The van der Waals surface area contributed by atoms with Gasteiger partial charge in [-0.3, -0.25) is 0 Å². The summed E-state index contributed by atoms with van der Waals surface area (Å²) < 4.78 is 44.4. The minimum Gasteiger partial charge on any atom is -0.497 e. The highest BCUT2D eigenvalue weighted by molar-refractivity contribution is 5.94. The van der Waals surface area contributed by atoms with Crippen molar-refractivity contribution < 1.29 is 17.9 Å². The fourth-order valence-electron chi connectivity index (χ4n) is 2.32. The maximum absolute atomic E-state index is 13.1. The van der Waals surface area contributed by atoms with Gasteiger partial charge in [0.1, 0.15) is 12.1 Å². The van der Waals surface area contributed by atoms with Gasteiger partial charge in [-0.2, -0.15) is 13.2 Å². The fourth-order valence-corrected chi connectivity index (χ4v) is 2.32. The molecule has 0 bridgehead atoms. The molecule has 0 saturated heterocycles. The van der Waals surface area contributed by atoms with Gasteiger partial charge in [0.2, 0.25) is 0 Å². The quantitative estimate of drug-likeness (QED) is 0.707. The van der Waals surface area contributed by atoms with Crippen LogP contribution in [0.15, 0.2) is 48.8 Å². The normalized spacial score (nSPS) is 11.6. The van der Waals surface area contributed by atoms with E-state index in [1.807, 2.05) is 0 Å². The van der Waals surface area contributed by atoms with Gasteiger partial charge in [-0.15, -0.1) is 0 Å². The number of aromatic nitrogens is 2. The highest BCUT2D eigenvalue weighted by Crippen LogP contribution is 2.36. The first-order valence-corrected chi connectivity index (χ1v) is 6.46. The van der Waals surface area contributed by atoms with Gasteiger partial charge in [0.25, 0.3) is 0 Å². The van der Waals surface area contributed by atoms with Crippen molar-refractivity contribution in [1.82, 2.24) is 9.97 Å². The lowest BCUT2D eigenvalue weighted by Gasteiger charge is -2.11. The number of halogens is 3. The standard InChI is InChI=1S/C16H11F3N2O/c1-22-11-5-2-4-10(8-11)14-12-6-3-7-13(16(17,18)19)15(12)21-9-20-14/h2-9H,1H3. The SMILES string of the molecule is COc1cccc(-c2ncnc3c(C(F)(F)F)cccc23)c1. The summed E-state index contributed by atoms with van der Waals surface area (Å²) in [6, 6.07) is 11.0. The van der Waals surface area contributed by atoms with Crippen molar-refractivity contribution in [3.63, 3.8) is 0 Å². The molecule has 112 valence electrons. The molecule has 0 aliphatic heterocycles. The second kappa shape index (κ2) is 5.29. The number of benzene rings is 2. The van der Waals surface area contributed by atoms with Crippen molar-refractivity contribution >= 4 is 10.9 Å². The van der Waals surface area contributed by atoms with Gasteiger partial charge in [-0.25, -0.2) is 9.97 Å². The molecule has 0 unspecified atom stereocenters. The molecule has 0 saturated carbocycles. The third-order valence-corrected chi connectivity index (χ3v) is 3.31. The van der Waals surface area contributed by atoms with E-state index in [0.29, 0.717) is 22.4 Å². The molecule has 0 spiro atoms. The van der Waals surface area contributed by atoms with E-state index in [4.69, 9.17) is 4.74 Å².